The number of H-pyrrole nitrogens is 1. The Morgan fingerprint density at radius 3 is 2.56 bits per heavy atom. The molecular formula is C16H17NO. The van der Waals surface area contributed by atoms with E-state index in [1.807, 2.05) is 24.3 Å². The predicted octanol–water partition coefficient (Wildman–Crippen LogP) is 3.84. The molecule has 18 heavy (non-hydrogen) atoms. The Kier molecular flexibility index (Phi) is 2.40. The lowest BCUT2D eigenvalue weighted by Gasteiger charge is -2.27. The highest BCUT2D eigenvalue weighted by Crippen LogP contribution is 2.36. The van der Waals surface area contributed by atoms with Crippen LogP contribution in [0.4, 0.5) is 0 Å². The van der Waals surface area contributed by atoms with Crippen molar-refractivity contribution in [2.75, 3.05) is 0 Å². The Hall–Kier alpha value is -1.83. The second-order valence-corrected chi connectivity index (χ2v) is 5.88. The van der Waals surface area contributed by atoms with Gasteiger partial charge in [0.05, 0.1) is 0 Å². The summed E-state index contributed by atoms with van der Waals surface area (Å²) in [5, 5.41) is 0. The molecule has 92 valence electrons. The van der Waals surface area contributed by atoms with Crippen LogP contribution in [0, 0.1) is 5.41 Å². The summed E-state index contributed by atoms with van der Waals surface area (Å²) < 4.78 is 0. The summed E-state index contributed by atoms with van der Waals surface area (Å²) in [6.45, 7) is 4.30. The van der Waals surface area contributed by atoms with E-state index in [9.17, 15) is 4.79 Å². The van der Waals surface area contributed by atoms with Gasteiger partial charge in [0.1, 0.15) is 0 Å². The van der Waals surface area contributed by atoms with Crippen LogP contribution < -0.4 is 0 Å². The van der Waals surface area contributed by atoms with E-state index in [-0.39, 0.29) is 11.2 Å². The predicted molar refractivity (Wildman–Crippen MR) is 72.7 cm³/mol. The summed E-state index contributed by atoms with van der Waals surface area (Å²) in [7, 11) is 0. The van der Waals surface area contributed by atoms with Gasteiger partial charge in [0, 0.05) is 23.4 Å². The van der Waals surface area contributed by atoms with E-state index in [1.165, 1.54) is 0 Å². The molecule has 0 bridgehead atoms. The van der Waals surface area contributed by atoms with Crippen LogP contribution in [0.5, 0.6) is 0 Å². The minimum atomic E-state index is 0.0723. The van der Waals surface area contributed by atoms with Gasteiger partial charge in [-0.25, -0.2) is 0 Å². The molecule has 1 aliphatic rings. The first-order valence-corrected chi connectivity index (χ1v) is 6.36. The zero-order valence-electron chi connectivity index (χ0n) is 10.8. The molecule has 0 saturated heterocycles. The van der Waals surface area contributed by atoms with E-state index >= 15 is 0 Å². The number of hydrogen-bond acceptors (Lipinski definition) is 1. The van der Waals surface area contributed by atoms with E-state index in [4.69, 9.17) is 0 Å². The molecule has 3 rings (SSSR count). The zero-order valence-corrected chi connectivity index (χ0v) is 10.8. The van der Waals surface area contributed by atoms with Crippen molar-refractivity contribution in [2.45, 2.75) is 26.7 Å². The number of aromatic amines is 1. The summed E-state index contributed by atoms with van der Waals surface area (Å²) >= 11 is 0. The fraction of sp³-hybridized carbons (Fsp3) is 0.312. The minimum absolute atomic E-state index is 0.0723. The molecule has 1 N–H and O–H groups in total. The quantitative estimate of drug-likeness (QED) is 0.805. The normalized spacial score (nSPS) is 17.6. The van der Waals surface area contributed by atoms with Crippen LogP contribution in [0.15, 0.2) is 36.4 Å². The molecule has 0 amide bonds. The standard InChI is InChI=1S/C16H17NO/c1-16(2)9-14-12(15(18)10-16)8-13(17-14)11-6-4-3-5-7-11/h3-8,17H,9-10H2,1-2H3. The van der Waals surface area contributed by atoms with Crippen LogP contribution in [0.3, 0.4) is 0 Å². The van der Waals surface area contributed by atoms with Crippen LogP contribution in [-0.2, 0) is 6.42 Å². The first-order chi connectivity index (χ1) is 8.55. The number of carbonyl (C=O) groups is 1. The van der Waals surface area contributed by atoms with Crippen LogP contribution in [0.2, 0.25) is 0 Å². The van der Waals surface area contributed by atoms with Crippen molar-refractivity contribution in [2.24, 2.45) is 5.41 Å². The summed E-state index contributed by atoms with van der Waals surface area (Å²) in [6, 6.07) is 12.2. The molecule has 2 heteroatoms. The van der Waals surface area contributed by atoms with Crippen molar-refractivity contribution in [3.63, 3.8) is 0 Å². The number of benzene rings is 1. The second kappa shape index (κ2) is 3.84. The fourth-order valence-electron chi connectivity index (χ4n) is 2.73. The first-order valence-electron chi connectivity index (χ1n) is 6.36. The molecule has 1 heterocycles. The van der Waals surface area contributed by atoms with Gasteiger partial charge in [0.15, 0.2) is 5.78 Å². The van der Waals surface area contributed by atoms with Crippen LogP contribution in [0.25, 0.3) is 11.3 Å². The molecule has 1 aliphatic carbocycles. The van der Waals surface area contributed by atoms with Crippen molar-refractivity contribution in [3.8, 4) is 11.3 Å². The topological polar surface area (TPSA) is 32.9 Å². The third-order valence-corrected chi connectivity index (χ3v) is 3.58. The maximum absolute atomic E-state index is 12.1. The molecule has 0 unspecified atom stereocenters. The molecule has 2 nitrogen and oxygen atoms in total. The van der Waals surface area contributed by atoms with E-state index in [1.54, 1.807) is 0 Å². The minimum Gasteiger partial charge on any atom is -0.358 e. The third kappa shape index (κ3) is 1.88. The van der Waals surface area contributed by atoms with Gasteiger partial charge in [0.2, 0.25) is 0 Å². The van der Waals surface area contributed by atoms with Crippen molar-refractivity contribution >= 4 is 5.78 Å². The maximum atomic E-state index is 12.1. The zero-order chi connectivity index (χ0) is 12.8. The fourth-order valence-corrected chi connectivity index (χ4v) is 2.73. The molecule has 1 aromatic heterocycles. The number of nitrogens with one attached hydrogen (secondary N) is 1. The van der Waals surface area contributed by atoms with Gasteiger partial charge in [-0.15, -0.1) is 0 Å². The molecule has 1 aromatic carbocycles. The van der Waals surface area contributed by atoms with Crippen LogP contribution >= 0.6 is 0 Å². The van der Waals surface area contributed by atoms with E-state index in [0.29, 0.717) is 6.42 Å². The number of carbonyl (C=O) groups excluding carboxylic acids is 1. The molecule has 0 atom stereocenters. The average Bonchev–Trinajstić information content (AvgIpc) is 2.72. The van der Waals surface area contributed by atoms with Gasteiger partial charge in [-0.3, -0.25) is 4.79 Å². The Balaban J connectivity index is 2.06. The smallest absolute Gasteiger partial charge is 0.165 e. The SMILES string of the molecule is CC1(C)CC(=O)c2cc(-c3ccccc3)[nH]c2C1. The summed E-state index contributed by atoms with van der Waals surface area (Å²) in [4.78, 5) is 15.5. The van der Waals surface area contributed by atoms with Gasteiger partial charge < -0.3 is 4.98 Å². The first kappa shape index (κ1) is 11.3. The van der Waals surface area contributed by atoms with Crippen LogP contribution in [-0.4, -0.2) is 10.8 Å². The highest BCUT2D eigenvalue weighted by Gasteiger charge is 2.32. The Morgan fingerprint density at radius 1 is 1.11 bits per heavy atom. The average molecular weight is 239 g/mol. The molecule has 0 saturated carbocycles. The molecule has 2 aromatic rings. The number of hydrogen-bond donors (Lipinski definition) is 1. The Bertz CT molecular complexity index is 593. The van der Waals surface area contributed by atoms with E-state index in [0.717, 1.165) is 28.9 Å². The van der Waals surface area contributed by atoms with Crippen molar-refractivity contribution in [3.05, 3.63) is 47.7 Å². The molecule has 0 fully saturated rings. The van der Waals surface area contributed by atoms with Gasteiger partial charge in [0.25, 0.3) is 0 Å². The van der Waals surface area contributed by atoms with Crippen molar-refractivity contribution in [1.29, 1.82) is 0 Å². The molecular weight excluding hydrogens is 222 g/mol. The lowest BCUT2D eigenvalue weighted by atomic mass is 9.76. The Labute approximate surface area is 107 Å². The van der Waals surface area contributed by atoms with Crippen molar-refractivity contribution < 1.29 is 4.79 Å². The summed E-state index contributed by atoms with van der Waals surface area (Å²) in [5.74, 6) is 0.264. The van der Waals surface area contributed by atoms with Crippen molar-refractivity contribution in [1.82, 2.24) is 4.98 Å². The number of rotatable bonds is 1. The third-order valence-electron chi connectivity index (χ3n) is 3.58. The monoisotopic (exact) mass is 239 g/mol. The molecule has 0 radical (unpaired) electrons. The van der Waals surface area contributed by atoms with Gasteiger partial charge >= 0.3 is 0 Å². The second-order valence-electron chi connectivity index (χ2n) is 5.88. The van der Waals surface area contributed by atoms with Gasteiger partial charge in [-0.05, 0) is 23.5 Å². The molecule has 0 aliphatic heterocycles. The van der Waals surface area contributed by atoms with E-state index < -0.39 is 0 Å². The molecule has 0 spiro atoms. The number of aromatic nitrogens is 1. The summed E-state index contributed by atoms with van der Waals surface area (Å²) in [6.07, 6.45) is 1.59. The van der Waals surface area contributed by atoms with Gasteiger partial charge in [-0.1, -0.05) is 44.2 Å². The largest absolute Gasteiger partial charge is 0.358 e. The lowest BCUT2D eigenvalue weighted by molar-refractivity contribution is 0.0912. The van der Waals surface area contributed by atoms with Gasteiger partial charge in [-0.2, -0.15) is 0 Å². The maximum Gasteiger partial charge on any atom is 0.165 e. The Morgan fingerprint density at radius 2 is 1.83 bits per heavy atom. The highest BCUT2D eigenvalue weighted by molar-refractivity contribution is 6.00. The number of fused-ring (bicyclic) bond motifs is 1. The number of Topliss-reactive ketones (excluding diaryl/α,β-unsaturated/α-hetero) is 1. The van der Waals surface area contributed by atoms with E-state index in [2.05, 4.69) is 31.0 Å². The van der Waals surface area contributed by atoms with Crippen LogP contribution in [0.1, 0.15) is 36.3 Å². The lowest BCUT2D eigenvalue weighted by Crippen LogP contribution is -2.26. The highest BCUT2D eigenvalue weighted by atomic mass is 16.1. The summed E-state index contributed by atoms with van der Waals surface area (Å²) in [5.41, 5.74) is 4.23. The number of ketones is 1.